The lowest BCUT2D eigenvalue weighted by atomic mass is 10.2. The number of nitrogens with one attached hydrogen (secondary N) is 1. The number of H-pyrrole nitrogens is 1. The number of imidazole rings is 1. The Morgan fingerprint density at radius 3 is 3.17 bits per heavy atom. The zero-order chi connectivity index (χ0) is 12.7. The molecule has 3 heterocycles. The molecule has 1 aliphatic heterocycles. The number of nitrogens with zero attached hydrogens (tertiary/aromatic N) is 3. The fourth-order valence-corrected chi connectivity index (χ4v) is 3.04. The zero-order valence-corrected chi connectivity index (χ0v) is 11.8. The van der Waals surface area contributed by atoms with Crippen LogP contribution in [0.5, 0.6) is 0 Å². The van der Waals surface area contributed by atoms with Gasteiger partial charge in [-0.2, -0.15) is 0 Å². The van der Waals surface area contributed by atoms with Crippen molar-refractivity contribution in [2.75, 3.05) is 13.6 Å². The Morgan fingerprint density at radius 2 is 2.44 bits per heavy atom. The molecule has 96 valence electrons. The first-order valence-electron chi connectivity index (χ1n) is 6.09. The molecular formula is C12H15ClN4S. The zero-order valence-electron chi connectivity index (χ0n) is 10.2. The van der Waals surface area contributed by atoms with Gasteiger partial charge < -0.3 is 9.88 Å². The number of rotatable bonds is 2. The Bertz CT molecular complexity index is 633. The normalized spacial score (nSPS) is 20.9. The number of likely N-dealkylation sites (tertiary alicyclic amines) is 1. The molecule has 0 bridgehead atoms. The van der Waals surface area contributed by atoms with Crippen molar-refractivity contribution >= 4 is 35.0 Å². The van der Waals surface area contributed by atoms with Gasteiger partial charge in [-0.1, -0.05) is 11.6 Å². The predicted molar refractivity (Wildman–Crippen MR) is 75.6 cm³/mol. The van der Waals surface area contributed by atoms with Crippen molar-refractivity contribution in [1.29, 1.82) is 0 Å². The van der Waals surface area contributed by atoms with Crippen LogP contribution in [0.25, 0.3) is 11.2 Å². The van der Waals surface area contributed by atoms with E-state index in [1.807, 2.05) is 6.07 Å². The maximum atomic E-state index is 5.94. The second-order valence-corrected chi connectivity index (χ2v) is 5.67. The molecule has 18 heavy (non-hydrogen) atoms. The maximum absolute atomic E-state index is 5.94. The van der Waals surface area contributed by atoms with Crippen LogP contribution in [-0.2, 0) is 6.54 Å². The van der Waals surface area contributed by atoms with E-state index in [-0.39, 0.29) is 0 Å². The summed E-state index contributed by atoms with van der Waals surface area (Å²) in [6, 6.07) is 2.42. The third-order valence-corrected chi connectivity index (χ3v) is 4.17. The summed E-state index contributed by atoms with van der Waals surface area (Å²) in [7, 11) is 2.17. The summed E-state index contributed by atoms with van der Waals surface area (Å²) in [6.45, 7) is 2.06. The van der Waals surface area contributed by atoms with Gasteiger partial charge in [0.2, 0.25) is 0 Å². The van der Waals surface area contributed by atoms with Crippen molar-refractivity contribution in [3.63, 3.8) is 0 Å². The Balaban J connectivity index is 2.01. The summed E-state index contributed by atoms with van der Waals surface area (Å²) in [6.07, 6.45) is 4.15. The molecule has 1 atom stereocenters. The lowest BCUT2D eigenvalue weighted by molar-refractivity contribution is 0.283. The molecule has 1 saturated heterocycles. The number of aromatic amines is 1. The highest BCUT2D eigenvalue weighted by Gasteiger charge is 2.22. The van der Waals surface area contributed by atoms with Gasteiger partial charge >= 0.3 is 0 Å². The van der Waals surface area contributed by atoms with E-state index in [9.17, 15) is 0 Å². The van der Waals surface area contributed by atoms with E-state index in [2.05, 4.69) is 26.5 Å². The highest BCUT2D eigenvalue weighted by molar-refractivity contribution is 7.71. The number of aromatic nitrogens is 3. The molecule has 1 aliphatic rings. The maximum Gasteiger partial charge on any atom is 0.179 e. The van der Waals surface area contributed by atoms with Crippen LogP contribution < -0.4 is 0 Å². The van der Waals surface area contributed by atoms with Crippen LogP contribution in [0.4, 0.5) is 0 Å². The third kappa shape index (κ3) is 2.06. The van der Waals surface area contributed by atoms with E-state index < -0.39 is 0 Å². The molecule has 3 rings (SSSR count). The molecule has 0 amide bonds. The summed E-state index contributed by atoms with van der Waals surface area (Å²) < 4.78 is 2.80. The molecule has 6 heteroatoms. The first-order valence-corrected chi connectivity index (χ1v) is 6.88. The monoisotopic (exact) mass is 282 g/mol. The predicted octanol–water partition coefficient (Wildman–Crippen LogP) is 2.84. The van der Waals surface area contributed by atoms with Crippen LogP contribution in [-0.4, -0.2) is 39.1 Å². The number of fused-ring (bicyclic) bond motifs is 1. The van der Waals surface area contributed by atoms with Crippen molar-refractivity contribution in [2.24, 2.45) is 0 Å². The van der Waals surface area contributed by atoms with Crippen LogP contribution >= 0.6 is 23.8 Å². The van der Waals surface area contributed by atoms with Gasteiger partial charge in [0.1, 0.15) is 0 Å². The average Bonchev–Trinajstić information content (AvgIpc) is 2.85. The molecular weight excluding hydrogens is 268 g/mol. The van der Waals surface area contributed by atoms with Gasteiger partial charge in [-0.25, -0.2) is 4.98 Å². The molecule has 2 aromatic heterocycles. The molecule has 0 saturated carbocycles. The number of halogens is 1. The topological polar surface area (TPSA) is 36.9 Å². The van der Waals surface area contributed by atoms with E-state index in [4.69, 9.17) is 23.8 Å². The smallest absolute Gasteiger partial charge is 0.179 e. The Labute approximate surface area is 116 Å². The lowest BCUT2D eigenvalue weighted by Gasteiger charge is -2.19. The Hall–Kier alpha value is -0.910. The average molecular weight is 283 g/mol. The van der Waals surface area contributed by atoms with E-state index in [0.29, 0.717) is 11.1 Å². The SMILES string of the molecule is CN1CCCC1Cn1c(=S)[nH]c2cc(Cl)cnc21. The van der Waals surface area contributed by atoms with Gasteiger partial charge in [0, 0.05) is 18.8 Å². The van der Waals surface area contributed by atoms with Gasteiger partial charge in [-0.15, -0.1) is 0 Å². The van der Waals surface area contributed by atoms with Crippen molar-refractivity contribution in [1.82, 2.24) is 19.4 Å². The minimum Gasteiger partial charge on any atom is -0.329 e. The molecule has 0 spiro atoms. The van der Waals surface area contributed by atoms with Gasteiger partial charge in [0.15, 0.2) is 10.4 Å². The van der Waals surface area contributed by atoms with Crippen LogP contribution in [0.3, 0.4) is 0 Å². The fraction of sp³-hybridized carbons (Fsp3) is 0.500. The summed E-state index contributed by atoms with van der Waals surface area (Å²) in [4.78, 5) is 9.94. The van der Waals surface area contributed by atoms with E-state index >= 15 is 0 Å². The van der Waals surface area contributed by atoms with Crippen LogP contribution in [0, 0.1) is 4.77 Å². The molecule has 2 aromatic rings. The van der Waals surface area contributed by atoms with Crippen molar-refractivity contribution < 1.29 is 0 Å². The Morgan fingerprint density at radius 1 is 1.61 bits per heavy atom. The lowest BCUT2D eigenvalue weighted by Crippen LogP contribution is -2.29. The summed E-state index contributed by atoms with van der Waals surface area (Å²) >= 11 is 11.3. The second kappa shape index (κ2) is 4.64. The first kappa shape index (κ1) is 12.1. The van der Waals surface area contributed by atoms with Crippen LogP contribution in [0.2, 0.25) is 5.02 Å². The van der Waals surface area contributed by atoms with Crippen molar-refractivity contribution in [2.45, 2.75) is 25.4 Å². The molecule has 1 unspecified atom stereocenters. The van der Waals surface area contributed by atoms with Gasteiger partial charge in [-0.3, -0.25) is 4.57 Å². The molecule has 1 fully saturated rings. The van der Waals surface area contributed by atoms with Gasteiger partial charge in [0.05, 0.1) is 10.5 Å². The number of pyridine rings is 1. The number of likely N-dealkylation sites (N-methyl/N-ethyl adjacent to an activating group) is 1. The van der Waals surface area contributed by atoms with Crippen LogP contribution in [0.15, 0.2) is 12.3 Å². The quantitative estimate of drug-likeness (QED) is 0.861. The first-order chi connectivity index (χ1) is 8.65. The minimum absolute atomic E-state index is 0.549. The summed E-state index contributed by atoms with van der Waals surface area (Å²) in [5.74, 6) is 0. The molecule has 0 aromatic carbocycles. The highest BCUT2D eigenvalue weighted by Crippen LogP contribution is 2.21. The van der Waals surface area contributed by atoms with Gasteiger partial charge in [-0.05, 0) is 44.7 Å². The molecule has 4 nitrogen and oxygen atoms in total. The highest BCUT2D eigenvalue weighted by atomic mass is 35.5. The Kier molecular flexibility index (Phi) is 3.13. The van der Waals surface area contributed by atoms with Gasteiger partial charge in [0.25, 0.3) is 0 Å². The molecule has 1 N–H and O–H groups in total. The fourth-order valence-electron chi connectivity index (χ4n) is 2.61. The minimum atomic E-state index is 0.549. The van der Waals surface area contributed by atoms with Crippen molar-refractivity contribution in [3.8, 4) is 0 Å². The summed E-state index contributed by atoms with van der Waals surface area (Å²) in [5.41, 5.74) is 1.80. The van der Waals surface area contributed by atoms with E-state index in [0.717, 1.165) is 22.5 Å². The number of hydrogen-bond donors (Lipinski definition) is 1. The number of hydrogen-bond acceptors (Lipinski definition) is 3. The molecule has 0 aliphatic carbocycles. The molecule has 0 radical (unpaired) electrons. The second-order valence-electron chi connectivity index (χ2n) is 4.84. The van der Waals surface area contributed by atoms with Crippen LogP contribution in [0.1, 0.15) is 12.8 Å². The largest absolute Gasteiger partial charge is 0.329 e. The van der Waals surface area contributed by atoms with E-state index in [1.165, 1.54) is 19.4 Å². The third-order valence-electron chi connectivity index (χ3n) is 3.64. The van der Waals surface area contributed by atoms with E-state index in [1.54, 1.807) is 6.20 Å². The standard InChI is InChI=1S/C12H15ClN4S/c1-16-4-2-3-9(16)7-17-11-10(15-12(17)18)5-8(13)6-14-11/h5-6,9H,2-4,7H2,1H3,(H,15,18). The van der Waals surface area contributed by atoms with Crippen molar-refractivity contribution in [3.05, 3.63) is 22.1 Å². The summed E-state index contributed by atoms with van der Waals surface area (Å²) in [5, 5.41) is 0.629.